The average molecular weight is 337 g/mol. The lowest BCUT2D eigenvalue weighted by atomic mass is 10.2. The van der Waals surface area contributed by atoms with Crippen molar-refractivity contribution in [1.29, 1.82) is 0 Å². The molecule has 1 rings (SSSR count). The van der Waals surface area contributed by atoms with E-state index < -0.39 is 42.4 Å². The number of nitrogens with one attached hydrogen (secondary N) is 2. The lowest BCUT2D eigenvalue weighted by Crippen LogP contribution is -2.52. The van der Waals surface area contributed by atoms with Crippen LogP contribution in [0.2, 0.25) is 0 Å². The van der Waals surface area contributed by atoms with Crippen molar-refractivity contribution in [3.05, 3.63) is 35.9 Å². The minimum absolute atomic E-state index is 0.0359. The zero-order chi connectivity index (χ0) is 18.1. The number of benzene rings is 1. The molecule has 0 radical (unpaired) electrons. The van der Waals surface area contributed by atoms with Crippen molar-refractivity contribution >= 4 is 23.9 Å². The zero-order valence-corrected chi connectivity index (χ0v) is 13.0. The van der Waals surface area contributed by atoms with Gasteiger partial charge in [-0.1, -0.05) is 30.3 Å². The van der Waals surface area contributed by atoms with E-state index in [1.807, 2.05) is 0 Å². The van der Waals surface area contributed by atoms with Gasteiger partial charge in [-0.3, -0.25) is 14.4 Å². The van der Waals surface area contributed by atoms with Crippen LogP contribution in [0.4, 0.5) is 4.79 Å². The first-order valence-electron chi connectivity index (χ1n) is 7.08. The first-order valence-corrected chi connectivity index (χ1v) is 7.08. The lowest BCUT2D eigenvalue weighted by molar-refractivity contribution is -0.140. The molecule has 0 aromatic heterocycles. The highest BCUT2D eigenvalue weighted by Gasteiger charge is 2.26. The van der Waals surface area contributed by atoms with Crippen LogP contribution in [-0.2, 0) is 25.7 Å². The topological polar surface area (TPSA) is 148 Å². The summed E-state index contributed by atoms with van der Waals surface area (Å²) in [6.07, 6.45) is -1.62. The molecule has 24 heavy (non-hydrogen) atoms. The van der Waals surface area contributed by atoms with Gasteiger partial charge in [0.25, 0.3) is 0 Å². The van der Waals surface area contributed by atoms with Crippen molar-refractivity contribution in [1.82, 2.24) is 10.6 Å². The number of carboxylic acid groups (broad SMARTS) is 1. The van der Waals surface area contributed by atoms with Crippen LogP contribution in [0.3, 0.4) is 0 Å². The molecule has 0 aliphatic rings. The molecule has 1 aromatic carbocycles. The second kappa shape index (κ2) is 9.13. The monoisotopic (exact) mass is 337 g/mol. The van der Waals surface area contributed by atoms with E-state index in [0.717, 1.165) is 5.56 Å². The smallest absolute Gasteiger partial charge is 0.408 e. The number of aliphatic carboxylic acids is 1. The number of hydrogen-bond acceptors (Lipinski definition) is 5. The number of primary amides is 1. The van der Waals surface area contributed by atoms with Crippen molar-refractivity contribution in [3.8, 4) is 0 Å². The molecule has 0 spiro atoms. The number of hydrogen-bond donors (Lipinski definition) is 4. The first kappa shape index (κ1) is 18.9. The molecule has 3 amide bonds. The summed E-state index contributed by atoms with van der Waals surface area (Å²) in [5.41, 5.74) is 5.75. The van der Waals surface area contributed by atoms with Crippen LogP contribution in [0.25, 0.3) is 0 Å². The molecular weight excluding hydrogens is 318 g/mol. The summed E-state index contributed by atoms with van der Waals surface area (Å²) in [7, 11) is 0. The normalized spacial score (nSPS) is 12.5. The Bertz CT molecular complexity index is 604. The largest absolute Gasteiger partial charge is 0.481 e. The van der Waals surface area contributed by atoms with Gasteiger partial charge in [0.05, 0.1) is 6.42 Å². The van der Waals surface area contributed by atoms with E-state index in [1.165, 1.54) is 6.92 Å². The van der Waals surface area contributed by atoms with E-state index >= 15 is 0 Å². The predicted octanol–water partition coefficient (Wildman–Crippen LogP) is -0.254. The van der Waals surface area contributed by atoms with E-state index in [1.54, 1.807) is 30.3 Å². The van der Waals surface area contributed by atoms with Crippen LogP contribution in [0, 0.1) is 0 Å². The summed E-state index contributed by atoms with van der Waals surface area (Å²) in [5.74, 6) is -2.94. The van der Waals surface area contributed by atoms with E-state index in [4.69, 9.17) is 15.6 Å². The molecule has 130 valence electrons. The highest BCUT2D eigenvalue weighted by molar-refractivity contribution is 5.92. The maximum absolute atomic E-state index is 12.0. The summed E-state index contributed by atoms with van der Waals surface area (Å²) >= 11 is 0. The van der Waals surface area contributed by atoms with Crippen LogP contribution in [-0.4, -0.2) is 41.1 Å². The minimum atomic E-state index is -1.40. The van der Waals surface area contributed by atoms with Gasteiger partial charge in [-0.05, 0) is 12.5 Å². The molecule has 9 heteroatoms. The molecule has 9 nitrogen and oxygen atoms in total. The quantitative estimate of drug-likeness (QED) is 0.514. The molecule has 0 aliphatic heterocycles. The van der Waals surface area contributed by atoms with Gasteiger partial charge in [0, 0.05) is 0 Å². The number of carbonyl (C=O) groups excluding carboxylic acids is 3. The molecule has 0 heterocycles. The van der Waals surface area contributed by atoms with Crippen molar-refractivity contribution < 1.29 is 29.0 Å². The van der Waals surface area contributed by atoms with Gasteiger partial charge in [0.2, 0.25) is 11.8 Å². The SMILES string of the molecule is C[C@@H](NC(=O)[C@H](CC(=O)O)NC(=O)OCc1ccccc1)C(N)=O. The Balaban J connectivity index is 2.60. The minimum Gasteiger partial charge on any atom is -0.481 e. The van der Waals surface area contributed by atoms with Gasteiger partial charge in [-0.15, -0.1) is 0 Å². The Kier molecular flexibility index (Phi) is 7.21. The van der Waals surface area contributed by atoms with Gasteiger partial charge >= 0.3 is 12.1 Å². The Labute approximate surface area is 138 Å². The molecule has 0 saturated carbocycles. The fourth-order valence-electron chi connectivity index (χ4n) is 1.68. The van der Waals surface area contributed by atoms with Crippen molar-refractivity contribution in [2.75, 3.05) is 0 Å². The van der Waals surface area contributed by atoms with E-state index in [9.17, 15) is 19.2 Å². The Morgan fingerprint density at radius 2 is 1.79 bits per heavy atom. The second-order valence-corrected chi connectivity index (χ2v) is 4.99. The summed E-state index contributed by atoms with van der Waals surface area (Å²) < 4.78 is 4.93. The second-order valence-electron chi connectivity index (χ2n) is 4.99. The van der Waals surface area contributed by atoms with Gasteiger partial charge in [0.1, 0.15) is 18.7 Å². The lowest BCUT2D eigenvalue weighted by Gasteiger charge is -2.18. The predicted molar refractivity (Wildman–Crippen MR) is 82.6 cm³/mol. The standard InChI is InChI=1S/C15H19N3O6/c1-9(13(16)21)17-14(22)11(7-12(19)20)18-15(23)24-8-10-5-3-2-4-6-10/h2-6,9,11H,7-8H2,1H3,(H2,16,21)(H,17,22)(H,18,23)(H,19,20)/t9-,11+/m1/s1. The number of nitrogens with two attached hydrogens (primary N) is 1. The van der Waals surface area contributed by atoms with Gasteiger partial charge < -0.3 is 26.2 Å². The van der Waals surface area contributed by atoms with Gasteiger partial charge in [-0.25, -0.2) is 4.79 Å². The van der Waals surface area contributed by atoms with Gasteiger partial charge in [0.15, 0.2) is 0 Å². The van der Waals surface area contributed by atoms with Crippen LogP contribution < -0.4 is 16.4 Å². The fraction of sp³-hybridized carbons (Fsp3) is 0.333. The third kappa shape index (κ3) is 6.77. The summed E-state index contributed by atoms with van der Waals surface area (Å²) in [4.78, 5) is 45.5. The van der Waals surface area contributed by atoms with Gasteiger partial charge in [-0.2, -0.15) is 0 Å². The molecule has 5 N–H and O–H groups in total. The first-order chi connectivity index (χ1) is 11.3. The highest BCUT2D eigenvalue weighted by atomic mass is 16.5. The molecule has 0 bridgehead atoms. The number of rotatable bonds is 8. The van der Waals surface area contributed by atoms with E-state index in [2.05, 4.69) is 10.6 Å². The molecule has 2 atom stereocenters. The molecule has 0 unspecified atom stereocenters. The highest BCUT2D eigenvalue weighted by Crippen LogP contribution is 2.02. The molecule has 0 saturated heterocycles. The zero-order valence-electron chi connectivity index (χ0n) is 13.0. The van der Waals surface area contributed by atoms with Crippen molar-refractivity contribution in [3.63, 3.8) is 0 Å². The van der Waals surface area contributed by atoms with Crippen LogP contribution in [0.1, 0.15) is 18.9 Å². The molecule has 0 fully saturated rings. The maximum Gasteiger partial charge on any atom is 0.408 e. The number of carbonyl (C=O) groups is 4. The van der Waals surface area contributed by atoms with Crippen LogP contribution >= 0.6 is 0 Å². The summed E-state index contributed by atoms with van der Waals surface area (Å²) in [5, 5.41) is 13.2. The van der Waals surface area contributed by atoms with E-state index in [0.29, 0.717) is 0 Å². The molecule has 1 aromatic rings. The average Bonchev–Trinajstić information content (AvgIpc) is 2.52. The summed E-state index contributed by atoms with van der Waals surface area (Å²) in [6.45, 7) is 1.30. The Hall–Kier alpha value is -3.10. The van der Waals surface area contributed by atoms with Crippen LogP contribution in [0.15, 0.2) is 30.3 Å². The van der Waals surface area contributed by atoms with E-state index in [-0.39, 0.29) is 6.61 Å². The molecular formula is C15H19N3O6. The van der Waals surface area contributed by atoms with Crippen molar-refractivity contribution in [2.45, 2.75) is 32.0 Å². The molecule has 0 aliphatic carbocycles. The number of alkyl carbamates (subject to hydrolysis) is 1. The third-order valence-electron chi connectivity index (χ3n) is 2.99. The van der Waals surface area contributed by atoms with Crippen LogP contribution in [0.5, 0.6) is 0 Å². The number of amides is 3. The maximum atomic E-state index is 12.0. The number of ether oxygens (including phenoxy) is 1. The Morgan fingerprint density at radius 1 is 1.17 bits per heavy atom. The number of carboxylic acids is 1. The fourth-order valence-corrected chi connectivity index (χ4v) is 1.68. The third-order valence-corrected chi connectivity index (χ3v) is 2.99. The Morgan fingerprint density at radius 3 is 2.33 bits per heavy atom. The summed E-state index contributed by atoms with van der Waals surface area (Å²) in [6, 6.07) is 6.41. The van der Waals surface area contributed by atoms with Crippen molar-refractivity contribution in [2.24, 2.45) is 5.73 Å².